The van der Waals surface area contributed by atoms with Crippen molar-refractivity contribution < 1.29 is 17.0 Å². The van der Waals surface area contributed by atoms with Gasteiger partial charge < -0.3 is 21.6 Å². The van der Waals surface area contributed by atoms with Gasteiger partial charge in [-0.1, -0.05) is 18.2 Å². The first-order valence-corrected chi connectivity index (χ1v) is 11.3. The summed E-state index contributed by atoms with van der Waals surface area (Å²) in [5.41, 5.74) is 20.5. The molecule has 12 nitrogen and oxygen atoms in total. The Bertz CT molecular complexity index is 1270. The van der Waals surface area contributed by atoms with E-state index in [2.05, 4.69) is 10.1 Å². The molecule has 0 saturated heterocycles. The Hall–Kier alpha value is -3.04. The van der Waals surface area contributed by atoms with E-state index >= 15 is 0 Å². The molecule has 0 bridgehead atoms. The molecule has 3 aromatic rings. The maximum atomic E-state index is 12.7. The molecule has 0 aliphatic heterocycles. The van der Waals surface area contributed by atoms with E-state index in [0.717, 1.165) is 0 Å². The Balaban J connectivity index is 2.47. The average Bonchev–Trinajstić information content (AvgIpc) is 3.06. The fourth-order valence-electron chi connectivity index (χ4n) is 3.02. The summed E-state index contributed by atoms with van der Waals surface area (Å²) in [6.07, 6.45) is 0. The van der Waals surface area contributed by atoms with Crippen LogP contribution in [0.1, 0.15) is 5.56 Å². The fourth-order valence-corrected chi connectivity index (χ4v) is 5.46. The van der Waals surface area contributed by atoms with Crippen molar-refractivity contribution >= 4 is 43.8 Å². The molecule has 160 valence electrons. The smallest absolute Gasteiger partial charge is 0.293 e. The summed E-state index contributed by atoms with van der Waals surface area (Å²) in [6.45, 7) is 0.0678. The minimum Gasteiger partial charge on any atom is -0.423 e. The Labute approximate surface area is 173 Å². The molecule has 0 radical (unpaired) electrons. The number of fused-ring (bicyclic) bond motifs is 1. The standard InChI is InChI=1S/C16H20N8O4S2/c17-6-7-29(25)11-5-4-8(9-2-1-3-10-13(9)28-16(19)22-10)12(15(18)23-24-20)14(11)30(21,26)27/h1-5,24H,6-7,17,20H2,(H2,18,23)(H2,19,22)(H2,21,26,27). The van der Waals surface area contributed by atoms with E-state index in [1.807, 2.05) is 5.53 Å². The van der Waals surface area contributed by atoms with E-state index in [-0.39, 0.29) is 40.2 Å². The number of hydrazone groups is 1. The largest absolute Gasteiger partial charge is 0.423 e. The number of primary sulfonamides is 1. The summed E-state index contributed by atoms with van der Waals surface area (Å²) in [7, 11) is -6.17. The number of benzene rings is 2. The van der Waals surface area contributed by atoms with Crippen LogP contribution in [0, 0.1) is 0 Å². The topological polar surface area (TPSA) is 232 Å². The van der Waals surface area contributed by atoms with Crippen molar-refractivity contribution in [2.24, 2.45) is 27.6 Å². The number of rotatable bonds is 7. The van der Waals surface area contributed by atoms with Crippen molar-refractivity contribution in [1.29, 1.82) is 0 Å². The van der Waals surface area contributed by atoms with Crippen molar-refractivity contribution in [2.45, 2.75) is 9.79 Å². The zero-order valence-electron chi connectivity index (χ0n) is 15.5. The number of sulfonamides is 1. The third kappa shape index (κ3) is 3.99. The van der Waals surface area contributed by atoms with Crippen LogP contribution in [0.3, 0.4) is 0 Å². The highest BCUT2D eigenvalue weighted by Crippen LogP contribution is 2.36. The Kier molecular flexibility index (Phi) is 6.04. The first-order valence-electron chi connectivity index (χ1n) is 8.41. The molecule has 0 amide bonds. The molecule has 0 aliphatic carbocycles. The number of amidine groups is 1. The fraction of sp³-hybridized carbons (Fsp3) is 0.125. The van der Waals surface area contributed by atoms with Crippen LogP contribution < -0.4 is 33.7 Å². The van der Waals surface area contributed by atoms with Crippen LogP contribution in [0.15, 0.2) is 49.6 Å². The van der Waals surface area contributed by atoms with Crippen LogP contribution in [-0.4, -0.2) is 35.7 Å². The second kappa shape index (κ2) is 8.37. The van der Waals surface area contributed by atoms with E-state index < -0.39 is 25.7 Å². The molecule has 1 aromatic heterocycles. The number of hydrogen-bond acceptors (Lipinski definition) is 10. The molecule has 0 spiro atoms. The van der Waals surface area contributed by atoms with Gasteiger partial charge in [-0.25, -0.2) is 24.9 Å². The molecule has 1 unspecified atom stereocenters. The van der Waals surface area contributed by atoms with Gasteiger partial charge in [0.25, 0.3) is 6.01 Å². The Morgan fingerprint density at radius 3 is 2.60 bits per heavy atom. The first kappa shape index (κ1) is 21.7. The molecule has 0 saturated carbocycles. The molecule has 3 rings (SSSR count). The summed E-state index contributed by atoms with van der Waals surface area (Å²) < 4.78 is 43.2. The highest BCUT2D eigenvalue weighted by Gasteiger charge is 2.28. The Morgan fingerprint density at radius 2 is 1.97 bits per heavy atom. The van der Waals surface area contributed by atoms with Gasteiger partial charge in [0.1, 0.15) is 10.4 Å². The van der Waals surface area contributed by atoms with Gasteiger partial charge in [-0.2, -0.15) is 4.98 Å². The number of nitrogens with zero attached hydrogens (tertiary/aromatic N) is 2. The molecule has 1 atom stereocenters. The maximum Gasteiger partial charge on any atom is 0.293 e. The van der Waals surface area contributed by atoms with Crippen LogP contribution in [0.4, 0.5) is 6.01 Å². The van der Waals surface area contributed by atoms with E-state index in [4.69, 9.17) is 32.6 Å². The van der Waals surface area contributed by atoms with Crippen molar-refractivity contribution in [3.8, 4) is 11.1 Å². The summed E-state index contributed by atoms with van der Waals surface area (Å²) in [6, 6.07) is 7.83. The highest BCUT2D eigenvalue weighted by atomic mass is 32.2. The number of nitrogen functional groups attached to an aromatic ring is 1. The van der Waals surface area contributed by atoms with Crippen molar-refractivity contribution in [1.82, 2.24) is 10.5 Å². The molecular formula is C16H20N8O4S2. The lowest BCUT2D eigenvalue weighted by Gasteiger charge is -2.17. The Morgan fingerprint density at radius 1 is 1.23 bits per heavy atom. The number of anilines is 1. The van der Waals surface area contributed by atoms with E-state index in [1.54, 1.807) is 18.2 Å². The average molecular weight is 453 g/mol. The maximum absolute atomic E-state index is 12.7. The summed E-state index contributed by atoms with van der Waals surface area (Å²) in [4.78, 5) is 3.56. The molecule has 0 fully saturated rings. The van der Waals surface area contributed by atoms with Gasteiger partial charge in [0.05, 0.1) is 15.7 Å². The van der Waals surface area contributed by atoms with E-state index in [9.17, 15) is 12.6 Å². The number of hydrogen-bond donors (Lipinski definition) is 6. The lowest BCUT2D eigenvalue weighted by atomic mass is 9.98. The second-order valence-corrected chi connectivity index (χ2v) is 9.07. The van der Waals surface area contributed by atoms with E-state index in [1.165, 1.54) is 12.1 Å². The number of hydrazine groups is 1. The molecule has 30 heavy (non-hydrogen) atoms. The first-order chi connectivity index (χ1) is 14.2. The predicted octanol–water partition coefficient (Wildman–Crippen LogP) is -1.13. The number of nitrogens with two attached hydrogens (primary N) is 5. The molecule has 2 aromatic carbocycles. The van der Waals surface area contributed by atoms with Gasteiger partial charge >= 0.3 is 0 Å². The lowest BCUT2D eigenvalue weighted by Crippen LogP contribution is -2.28. The molecule has 1 heterocycles. The lowest BCUT2D eigenvalue weighted by molar-refractivity contribution is 0.594. The van der Waals surface area contributed by atoms with Crippen LogP contribution in [-0.2, 0) is 20.8 Å². The minimum atomic E-state index is -4.40. The number of aromatic nitrogens is 1. The van der Waals surface area contributed by atoms with Crippen LogP contribution in [0.2, 0.25) is 0 Å². The van der Waals surface area contributed by atoms with Gasteiger partial charge in [-0.15, -0.1) is 5.10 Å². The van der Waals surface area contributed by atoms with Crippen LogP contribution in [0.5, 0.6) is 0 Å². The van der Waals surface area contributed by atoms with Gasteiger partial charge in [0, 0.05) is 23.4 Å². The monoisotopic (exact) mass is 452 g/mol. The van der Waals surface area contributed by atoms with Crippen molar-refractivity contribution in [2.75, 3.05) is 18.0 Å². The molecule has 14 heteroatoms. The van der Waals surface area contributed by atoms with Gasteiger partial charge in [0.15, 0.2) is 11.4 Å². The molecule has 0 aliphatic rings. The van der Waals surface area contributed by atoms with Crippen LogP contribution in [0.25, 0.3) is 22.2 Å². The SMILES string of the molecule is NCCS(=O)c1ccc(-c2cccc3nc(N)oc23)c(/C(N)=N/NN)c1S(N)(=O)=O. The molecule has 11 N–H and O–H groups in total. The zero-order valence-corrected chi connectivity index (χ0v) is 17.2. The minimum absolute atomic E-state index is 0.0156. The number of para-hydroxylation sites is 1. The second-order valence-electron chi connectivity index (χ2n) is 6.03. The summed E-state index contributed by atoms with van der Waals surface area (Å²) in [5, 5.41) is 9.17. The third-order valence-corrected chi connectivity index (χ3v) is 6.68. The van der Waals surface area contributed by atoms with Gasteiger partial charge in [-0.05, 0) is 17.7 Å². The van der Waals surface area contributed by atoms with Crippen molar-refractivity contribution in [3.05, 3.63) is 35.9 Å². The van der Waals surface area contributed by atoms with Crippen LogP contribution >= 0.6 is 0 Å². The van der Waals surface area contributed by atoms with Crippen molar-refractivity contribution in [3.63, 3.8) is 0 Å². The summed E-state index contributed by atoms with van der Waals surface area (Å²) in [5.74, 6) is 4.95. The molecular weight excluding hydrogens is 432 g/mol. The highest BCUT2D eigenvalue weighted by molar-refractivity contribution is 7.91. The summed E-state index contributed by atoms with van der Waals surface area (Å²) >= 11 is 0. The number of oxazole rings is 1. The third-order valence-electron chi connectivity index (χ3n) is 4.12. The van der Waals surface area contributed by atoms with E-state index in [0.29, 0.717) is 16.7 Å². The quantitative estimate of drug-likeness (QED) is 0.109. The normalized spacial score (nSPS) is 13.5. The van der Waals surface area contributed by atoms with Gasteiger partial charge in [-0.3, -0.25) is 4.21 Å². The zero-order chi connectivity index (χ0) is 22.1. The number of nitrogens with one attached hydrogen (secondary N) is 1. The predicted molar refractivity (Wildman–Crippen MR) is 114 cm³/mol. The van der Waals surface area contributed by atoms with Gasteiger partial charge in [0.2, 0.25) is 10.0 Å².